The highest BCUT2D eigenvalue weighted by molar-refractivity contribution is 7.91. The molecule has 0 heterocycles. The van der Waals surface area contributed by atoms with Crippen molar-refractivity contribution in [2.75, 3.05) is 25.7 Å². The van der Waals surface area contributed by atoms with Crippen molar-refractivity contribution in [1.82, 2.24) is 0 Å². The molecule has 6 heteroatoms. The third kappa shape index (κ3) is 3.34. The van der Waals surface area contributed by atoms with E-state index in [1.54, 1.807) is 6.92 Å². The second-order valence-corrected chi connectivity index (χ2v) is 5.74. The van der Waals surface area contributed by atoms with E-state index in [4.69, 9.17) is 15.2 Å². The molecular weight excluding hydrogens is 242 g/mol. The van der Waals surface area contributed by atoms with Crippen LogP contribution in [0.5, 0.6) is 5.75 Å². The second-order valence-electron chi connectivity index (χ2n) is 3.74. The van der Waals surface area contributed by atoms with Gasteiger partial charge in [0.1, 0.15) is 10.6 Å². The quantitative estimate of drug-likeness (QED) is 0.801. The number of ether oxygens (including phenoxy) is 2. The van der Waals surface area contributed by atoms with Crippen LogP contribution in [0.1, 0.15) is 6.92 Å². The zero-order valence-corrected chi connectivity index (χ0v) is 11.0. The summed E-state index contributed by atoms with van der Waals surface area (Å²) in [5.74, 6) is 0.164. The number of nitrogen functional groups attached to an aromatic ring is 1. The monoisotopic (exact) mass is 259 g/mol. The van der Waals surface area contributed by atoms with Gasteiger partial charge in [-0.05, 0) is 19.1 Å². The Morgan fingerprint density at radius 2 is 2.00 bits per heavy atom. The molecule has 2 N–H and O–H groups in total. The molecule has 0 aromatic heterocycles. The molecule has 96 valence electrons. The zero-order valence-electron chi connectivity index (χ0n) is 10.1. The average Bonchev–Trinajstić information content (AvgIpc) is 2.27. The van der Waals surface area contributed by atoms with E-state index >= 15 is 0 Å². The van der Waals surface area contributed by atoms with Gasteiger partial charge in [0.15, 0.2) is 9.84 Å². The van der Waals surface area contributed by atoms with Gasteiger partial charge in [-0.25, -0.2) is 8.42 Å². The topological polar surface area (TPSA) is 78.6 Å². The van der Waals surface area contributed by atoms with Crippen molar-refractivity contribution in [3.05, 3.63) is 18.2 Å². The number of rotatable bonds is 5. The summed E-state index contributed by atoms with van der Waals surface area (Å²) in [4.78, 5) is 0.137. The fraction of sp³-hybridized carbons (Fsp3) is 0.455. The summed E-state index contributed by atoms with van der Waals surface area (Å²) in [6.07, 6.45) is -0.373. The predicted octanol–water partition coefficient (Wildman–Crippen LogP) is 1.09. The second kappa shape index (κ2) is 5.37. The predicted molar refractivity (Wildman–Crippen MR) is 65.9 cm³/mol. The first-order valence-electron chi connectivity index (χ1n) is 5.09. The van der Waals surface area contributed by atoms with Crippen molar-refractivity contribution >= 4 is 15.5 Å². The zero-order chi connectivity index (χ0) is 13.1. The highest BCUT2D eigenvalue weighted by Crippen LogP contribution is 2.27. The highest BCUT2D eigenvalue weighted by atomic mass is 32.2. The molecule has 0 saturated carbocycles. The molecule has 0 saturated heterocycles. The molecular formula is C11H17NO4S. The molecule has 0 amide bonds. The normalized spacial score (nSPS) is 13.4. The minimum atomic E-state index is -3.44. The van der Waals surface area contributed by atoms with Gasteiger partial charge in [0.25, 0.3) is 0 Å². The maximum Gasteiger partial charge on any atom is 0.184 e. The van der Waals surface area contributed by atoms with Crippen LogP contribution in [0.2, 0.25) is 0 Å². The summed E-state index contributed by atoms with van der Waals surface area (Å²) in [6.45, 7) is 1.70. The van der Waals surface area contributed by atoms with Crippen LogP contribution in [-0.2, 0) is 14.6 Å². The van der Waals surface area contributed by atoms with Gasteiger partial charge in [-0.2, -0.15) is 0 Å². The Morgan fingerprint density at radius 1 is 1.35 bits per heavy atom. The van der Waals surface area contributed by atoms with Gasteiger partial charge in [-0.3, -0.25) is 0 Å². The smallest absolute Gasteiger partial charge is 0.184 e. The summed E-state index contributed by atoms with van der Waals surface area (Å²) in [5, 5.41) is 0. The third-order valence-corrected chi connectivity index (χ3v) is 4.29. The van der Waals surface area contributed by atoms with E-state index in [1.165, 1.54) is 32.4 Å². The number of hydrogen-bond donors (Lipinski definition) is 1. The Hall–Kier alpha value is -1.27. The van der Waals surface area contributed by atoms with E-state index in [-0.39, 0.29) is 22.5 Å². The van der Waals surface area contributed by atoms with Gasteiger partial charge < -0.3 is 15.2 Å². The minimum absolute atomic E-state index is 0.0935. The van der Waals surface area contributed by atoms with Crippen LogP contribution in [-0.4, -0.2) is 34.5 Å². The highest BCUT2D eigenvalue weighted by Gasteiger charge is 2.22. The van der Waals surface area contributed by atoms with Gasteiger partial charge in [0.05, 0.1) is 19.0 Å². The first-order chi connectivity index (χ1) is 7.90. The molecule has 0 bridgehead atoms. The fourth-order valence-corrected chi connectivity index (χ4v) is 3.07. The molecule has 0 fully saturated rings. The molecule has 0 spiro atoms. The maximum atomic E-state index is 12.1. The van der Waals surface area contributed by atoms with Crippen LogP contribution in [0, 0.1) is 0 Å². The Morgan fingerprint density at radius 3 is 2.53 bits per heavy atom. The van der Waals surface area contributed by atoms with Crippen molar-refractivity contribution in [3.8, 4) is 5.75 Å². The van der Waals surface area contributed by atoms with E-state index in [1.807, 2.05) is 0 Å². The lowest BCUT2D eigenvalue weighted by atomic mass is 10.3. The lowest BCUT2D eigenvalue weighted by Crippen LogP contribution is -2.20. The lowest BCUT2D eigenvalue weighted by molar-refractivity contribution is 0.136. The van der Waals surface area contributed by atoms with Gasteiger partial charge in [-0.15, -0.1) is 0 Å². The average molecular weight is 259 g/mol. The molecule has 0 aliphatic rings. The van der Waals surface area contributed by atoms with Crippen molar-refractivity contribution in [2.45, 2.75) is 17.9 Å². The summed E-state index contributed by atoms with van der Waals surface area (Å²) in [6, 6.07) is 4.48. The summed E-state index contributed by atoms with van der Waals surface area (Å²) < 4.78 is 34.2. The number of benzene rings is 1. The van der Waals surface area contributed by atoms with E-state index in [0.29, 0.717) is 5.69 Å². The molecule has 0 aliphatic heterocycles. The van der Waals surface area contributed by atoms with Gasteiger partial charge in [0, 0.05) is 18.9 Å². The fourth-order valence-electron chi connectivity index (χ4n) is 1.41. The van der Waals surface area contributed by atoms with Crippen molar-refractivity contribution < 1.29 is 17.9 Å². The van der Waals surface area contributed by atoms with Crippen LogP contribution in [0.25, 0.3) is 0 Å². The van der Waals surface area contributed by atoms with Crippen LogP contribution in [0.3, 0.4) is 0 Å². The van der Waals surface area contributed by atoms with Gasteiger partial charge >= 0.3 is 0 Å². The van der Waals surface area contributed by atoms with Gasteiger partial charge in [-0.1, -0.05) is 0 Å². The summed E-state index contributed by atoms with van der Waals surface area (Å²) >= 11 is 0. The van der Waals surface area contributed by atoms with Crippen LogP contribution < -0.4 is 10.5 Å². The van der Waals surface area contributed by atoms with E-state index in [2.05, 4.69) is 0 Å². The number of sulfone groups is 1. The van der Waals surface area contributed by atoms with E-state index < -0.39 is 9.84 Å². The standard InChI is InChI=1S/C11H17NO4S/c1-8(15-2)7-17(13,14)11-5-4-9(12)6-10(11)16-3/h4-6,8H,7,12H2,1-3H3. The van der Waals surface area contributed by atoms with Crippen molar-refractivity contribution in [2.24, 2.45) is 0 Å². The molecule has 0 radical (unpaired) electrons. The molecule has 5 nitrogen and oxygen atoms in total. The SMILES string of the molecule is COc1cc(N)ccc1S(=O)(=O)CC(C)OC. The van der Waals surface area contributed by atoms with E-state index in [9.17, 15) is 8.42 Å². The third-order valence-electron chi connectivity index (χ3n) is 2.38. The molecule has 1 rings (SSSR count). The Balaban J connectivity index is 3.15. The number of nitrogens with two attached hydrogens (primary N) is 1. The lowest BCUT2D eigenvalue weighted by Gasteiger charge is -2.13. The van der Waals surface area contributed by atoms with Crippen LogP contribution >= 0.6 is 0 Å². The number of methoxy groups -OCH3 is 2. The maximum absolute atomic E-state index is 12.1. The van der Waals surface area contributed by atoms with Crippen molar-refractivity contribution in [3.63, 3.8) is 0 Å². The van der Waals surface area contributed by atoms with Crippen LogP contribution in [0.4, 0.5) is 5.69 Å². The van der Waals surface area contributed by atoms with E-state index in [0.717, 1.165) is 0 Å². The molecule has 0 aliphatic carbocycles. The number of hydrogen-bond acceptors (Lipinski definition) is 5. The minimum Gasteiger partial charge on any atom is -0.495 e. The Kier molecular flexibility index (Phi) is 4.36. The summed E-state index contributed by atoms with van der Waals surface area (Å²) in [7, 11) is -0.554. The molecule has 17 heavy (non-hydrogen) atoms. The molecule has 1 unspecified atom stereocenters. The molecule has 1 aromatic rings. The molecule has 1 atom stereocenters. The van der Waals surface area contributed by atoms with Crippen molar-refractivity contribution in [1.29, 1.82) is 0 Å². The van der Waals surface area contributed by atoms with Crippen LogP contribution in [0.15, 0.2) is 23.1 Å². The first kappa shape index (κ1) is 13.8. The van der Waals surface area contributed by atoms with Gasteiger partial charge in [0.2, 0.25) is 0 Å². The Labute approximate surface area is 101 Å². The first-order valence-corrected chi connectivity index (χ1v) is 6.75. The largest absolute Gasteiger partial charge is 0.495 e. The summed E-state index contributed by atoms with van der Waals surface area (Å²) in [5.41, 5.74) is 6.03. The number of anilines is 1. The Bertz CT molecular complexity index is 484. The molecule has 1 aromatic carbocycles.